The Hall–Kier alpha value is -0.750. The number of rotatable bonds is 7. The molecule has 0 bridgehead atoms. The number of nitrogens with one attached hydrogen (secondary N) is 1. The van der Waals surface area contributed by atoms with Gasteiger partial charge in [-0.3, -0.25) is 0 Å². The van der Waals surface area contributed by atoms with Gasteiger partial charge in [0.2, 0.25) is 0 Å². The molecule has 1 N–H and O–H groups in total. The highest BCUT2D eigenvalue weighted by Crippen LogP contribution is 2.33. The van der Waals surface area contributed by atoms with E-state index in [1.165, 1.54) is 0 Å². The van der Waals surface area contributed by atoms with Crippen LogP contribution < -0.4 is 10.1 Å². The molecule has 0 saturated carbocycles. The van der Waals surface area contributed by atoms with Crippen molar-refractivity contribution in [2.24, 2.45) is 0 Å². The van der Waals surface area contributed by atoms with E-state index in [-0.39, 0.29) is 12.5 Å². The summed E-state index contributed by atoms with van der Waals surface area (Å²) >= 11 is 3.41. The van der Waals surface area contributed by atoms with Crippen LogP contribution in [-0.2, 0) is 0 Å². The minimum absolute atomic E-state index is 0.0178. The number of benzene rings is 1. The fourth-order valence-electron chi connectivity index (χ4n) is 1.97. The highest BCUT2D eigenvalue weighted by atomic mass is 79.9. The molecule has 0 aliphatic carbocycles. The van der Waals surface area contributed by atoms with Gasteiger partial charge in [0.1, 0.15) is 5.75 Å². The van der Waals surface area contributed by atoms with Crippen LogP contribution >= 0.6 is 15.9 Å². The molecule has 0 aliphatic rings. The lowest BCUT2D eigenvalue weighted by Crippen LogP contribution is -2.23. The van der Waals surface area contributed by atoms with Gasteiger partial charge in [-0.2, -0.15) is 13.2 Å². The predicted molar refractivity (Wildman–Crippen MR) is 77.0 cm³/mol. The van der Waals surface area contributed by atoms with E-state index < -0.39 is 12.6 Å². The maximum atomic E-state index is 12.4. The summed E-state index contributed by atoms with van der Waals surface area (Å²) < 4.78 is 43.3. The van der Waals surface area contributed by atoms with Crippen molar-refractivity contribution in [2.75, 3.05) is 13.2 Å². The fourth-order valence-corrected chi connectivity index (χ4v) is 2.60. The zero-order chi connectivity index (χ0) is 15.2. The van der Waals surface area contributed by atoms with E-state index in [4.69, 9.17) is 4.74 Å². The third-order valence-electron chi connectivity index (χ3n) is 2.83. The maximum absolute atomic E-state index is 12.4. The van der Waals surface area contributed by atoms with Crippen molar-refractivity contribution in [2.45, 2.75) is 38.9 Å². The van der Waals surface area contributed by atoms with Crippen LogP contribution in [0.15, 0.2) is 22.7 Å². The van der Waals surface area contributed by atoms with Crippen molar-refractivity contribution in [3.05, 3.63) is 28.2 Å². The Bertz CT molecular complexity index is 423. The van der Waals surface area contributed by atoms with Gasteiger partial charge < -0.3 is 10.1 Å². The van der Waals surface area contributed by atoms with E-state index in [1.54, 1.807) is 18.2 Å². The molecule has 0 radical (unpaired) electrons. The van der Waals surface area contributed by atoms with Crippen LogP contribution in [-0.4, -0.2) is 19.3 Å². The van der Waals surface area contributed by atoms with Crippen molar-refractivity contribution in [3.63, 3.8) is 0 Å². The van der Waals surface area contributed by atoms with Crippen molar-refractivity contribution in [3.8, 4) is 5.75 Å². The quantitative estimate of drug-likeness (QED) is 0.757. The van der Waals surface area contributed by atoms with Gasteiger partial charge in [-0.1, -0.05) is 28.9 Å². The van der Waals surface area contributed by atoms with Gasteiger partial charge in [0.05, 0.1) is 6.61 Å². The molecule has 1 unspecified atom stereocenters. The molecule has 0 aromatic heterocycles. The Morgan fingerprint density at radius 2 is 2.00 bits per heavy atom. The summed E-state index contributed by atoms with van der Waals surface area (Å²) in [5.74, 6) is 0.703. The molecule has 0 fully saturated rings. The highest BCUT2D eigenvalue weighted by molar-refractivity contribution is 9.10. The van der Waals surface area contributed by atoms with Gasteiger partial charge in [-0.15, -0.1) is 0 Å². The normalized spacial score (nSPS) is 13.3. The number of hydrogen-bond donors (Lipinski definition) is 1. The molecule has 114 valence electrons. The summed E-state index contributed by atoms with van der Waals surface area (Å²) in [6, 6.07) is 5.04. The first kappa shape index (κ1) is 17.3. The Morgan fingerprint density at radius 1 is 1.30 bits per heavy atom. The Kier molecular flexibility index (Phi) is 6.82. The minimum Gasteiger partial charge on any atom is -0.494 e. The summed E-state index contributed by atoms with van der Waals surface area (Å²) in [5, 5.41) is 3.09. The molecule has 0 spiro atoms. The van der Waals surface area contributed by atoms with E-state index in [1.807, 2.05) is 13.8 Å². The highest BCUT2D eigenvalue weighted by Gasteiger charge is 2.29. The third kappa shape index (κ3) is 5.71. The van der Waals surface area contributed by atoms with Crippen molar-refractivity contribution in [1.82, 2.24) is 5.32 Å². The van der Waals surface area contributed by atoms with E-state index in [2.05, 4.69) is 21.2 Å². The van der Waals surface area contributed by atoms with Crippen LogP contribution in [0, 0.1) is 0 Å². The average Bonchev–Trinajstić information content (AvgIpc) is 2.34. The van der Waals surface area contributed by atoms with Crippen LogP contribution in [0.1, 0.15) is 38.3 Å². The maximum Gasteiger partial charge on any atom is 0.389 e. The summed E-state index contributed by atoms with van der Waals surface area (Å²) in [5.41, 5.74) is 0.819. The Balaban J connectivity index is 2.85. The topological polar surface area (TPSA) is 21.3 Å². The molecular formula is C14H19BrF3NO. The lowest BCUT2D eigenvalue weighted by Gasteiger charge is -2.21. The predicted octanol–water partition coefficient (Wildman–Crippen LogP) is 4.84. The molecule has 1 atom stereocenters. The average molecular weight is 354 g/mol. The van der Waals surface area contributed by atoms with Crippen LogP contribution in [0.5, 0.6) is 5.75 Å². The van der Waals surface area contributed by atoms with Gasteiger partial charge in [-0.25, -0.2) is 0 Å². The largest absolute Gasteiger partial charge is 0.494 e. The first-order valence-corrected chi connectivity index (χ1v) is 7.39. The molecule has 6 heteroatoms. The Labute approximate surface area is 125 Å². The summed E-state index contributed by atoms with van der Waals surface area (Å²) in [7, 11) is 0. The van der Waals surface area contributed by atoms with Crippen LogP contribution in [0.3, 0.4) is 0 Å². The first-order chi connectivity index (χ1) is 9.37. The minimum atomic E-state index is -4.13. The van der Waals surface area contributed by atoms with Crippen LogP contribution in [0.25, 0.3) is 0 Å². The second-order valence-corrected chi connectivity index (χ2v) is 5.23. The second-order valence-electron chi connectivity index (χ2n) is 4.38. The third-order valence-corrected chi connectivity index (χ3v) is 3.51. The number of alkyl halides is 3. The molecule has 1 aromatic rings. The smallest absolute Gasteiger partial charge is 0.389 e. The van der Waals surface area contributed by atoms with Gasteiger partial charge in [-0.05, 0) is 37.6 Å². The second kappa shape index (κ2) is 7.88. The zero-order valence-electron chi connectivity index (χ0n) is 11.6. The van der Waals surface area contributed by atoms with Gasteiger partial charge >= 0.3 is 6.18 Å². The summed E-state index contributed by atoms with van der Waals surface area (Å²) in [4.78, 5) is 0. The molecule has 2 nitrogen and oxygen atoms in total. The molecule has 1 aromatic carbocycles. The van der Waals surface area contributed by atoms with E-state index in [0.29, 0.717) is 18.9 Å². The molecule has 1 rings (SSSR count). The van der Waals surface area contributed by atoms with Crippen LogP contribution in [0.2, 0.25) is 0 Å². The Morgan fingerprint density at radius 3 is 2.50 bits per heavy atom. The number of halogens is 4. The molecule has 0 heterocycles. The van der Waals surface area contributed by atoms with Gasteiger partial charge in [0.15, 0.2) is 0 Å². The van der Waals surface area contributed by atoms with E-state index in [0.717, 1.165) is 10.0 Å². The monoisotopic (exact) mass is 353 g/mol. The lowest BCUT2D eigenvalue weighted by atomic mass is 10.0. The van der Waals surface area contributed by atoms with Crippen LogP contribution in [0.4, 0.5) is 13.2 Å². The van der Waals surface area contributed by atoms with Gasteiger partial charge in [0, 0.05) is 16.9 Å². The van der Waals surface area contributed by atoms with Crippen molar-refractivity contribution >= 4 is 15.9 Å². The molecule has 0 saturated heterocycles. The van der Waals surface area contributed by atoms with E-state index >= 15 is 0 Å². The first-order valence-electron chi connectivity index (χ1n) is 6.59. The molecule has 20 heavy (non-hydrogen) atoms. The van der Waals surface area contributed by atoms with Crippen molar-refractivity contribution < 1.29 is 17.9 Å². The fraction of sp³-hybridized carbons (Fsp3) is 0.571. The summed E-state index contributed by atoms with van der Waals surface area (Å²) in [6.07, 6.45) is -4.92. The van der Waals surface area contributed by atoms with E-state index in [9.17, 15) is 13.2 Å². The number of hydrogen-bond acceptors (Lipinski definition) is 2. The van der Waals surface area contributed by atoms with Gasteiger partial charge in [0.25, 0.3) is 0 Å². The molecular weight excluding hydrogens is 335 g/mol. The molecule has 0 amide bonds. The lowest BCUT2D eigenvalue weighted by molar-refractivity contribution is -0.136. The zero-order valence-corrected chi connectivity index (χ0v) is 13.1. The number of ether oxygens (including phenoxy) is 1. The standard InChI is InChI=1S/C14H19BrF3NO/c1-3-19-13(7-8-14(16,17)18)11-6-5-10(20-4-2)9-12(11)15/h5-6,9,13,19H,3-4,7-8H2,1-2H3. The summed E-state index contributed by atoms with van der Waals surface area (Å²) in [6.45, 7) is 4.92. The molecule has 0 aliphatic heterocycles. The van der Waals surface area contributed by atoms with Crippen molar-refractivity contribution in [1.29, 1.82) is 0 Å². The SMILES string of the molecule is CCNC(CCC(F)(F)F)c1ccc(OCC)cc1Br.